The lowest BCUT2D eigenvalue weighted by Crippen LogP contribution is -2.37. The quantitative estimate of drug-likeness (QED) is 0.871. The molecule has 3 heteroatoms. The van der Waals surface area contributed by atoms with Crippen LogP contribution in [-0.2, 0) is 6.42 Å². The number of halogens is 2. The van der Waals surface area contributed by atoms with E-state index >= 15 is 0 Å². The van der Waals surface area contributed by atoms with E-state index in [1.165, 1.54) is 31.4 Å². The van der Waals surface area contributed by atoms with Gasteiger partial charge in [-0.15, -0.1) is 0 Å². The van der Waals surface area contributed by atoms with Crippen LogP contribution in [0.15, 0.2) is 18.2 Å². The summed E-state index contributed by atoms with van der Waals surface area (Å²) >= 11 is 0. The maximum absolute atomic E-state index is 13.1. The SMILES string of the molecule is CC1CC(C)CC(NCCc2cc(F)cc(F)c2)C1. The Morgan fingerprint density at radius 2 is 1.58 bits per heavy atom. The summed E-state index contributed by atoms with van der Waals surface area (Å²) in [7, 11) is 0. The Morgan fingerprint density at radius 3 is 2.16 bits per heavy atom. The maximum atomic E-state index is 13.1. The summed E-state index contributed by atoms with van der Waals surface area (Å²) in [4.78, 5) is 0. The van der Waals surface area contributed by atoms with Crippen molar-refractivity contribution in [3.05, 3.63) is 35.4 Å². The Morgan fingerprint density at radius 1 is 1.00 bits per heavy atom. The van der Waals surface area contributed by atoms with Gasteiger partial charge < -0.3 is 5.32 Å². The van der Waals surface area contributed by atoms with E-state index in [0.29, 0.717) is 12.5 Å². The maximum Gasteiger partial charge on any atom is 0.126 e. The first-order valence-electron chi connectivity index (χ1n) is 7.21. The van der Waals surface area contributed by atoms with Gasteiger partial charge in [-0.25, -0.2) is 8.78 Å². The van der Waals surface area contributed by atoms with Crippen molar-refractivity contribution in [2.45, 2.75) is 45.6 Å². The fourth-order valence-electron chi connectivity index (χ4n) is 3.29. The van der Waals surface area contributed by atoms with Crippen LogP contribution in [0.4, 0.5) is 8.78 Å². The van der Waals surface area contributed by atoms with E-state index in [4.69, 9.17) is 0 Å². The molecule has 2 unspecified atom stereocenters. The predicted molar refractivity (Wildman–Crippen MR) is 74.0 cm³/mol. The molecular weight excluding hydrogens is 244 g/mol. The molecule has 0 aliphatic heterocycles. The van der Waals surface area contributed by atoms with Gasteiger partial charge >= 0.3 is 0 Å². The highest BCUT2D eigenvalue weighted by atomic mass is 19.1. The molecule has 0 aromatic heterocycles. The number of hydrogen-bond donors (Lipinski definition) is 1. The highest BCUT2D eigenvalue weighted by molar-refractivity contribution is 5.18. The van der Waals surface area contributed by atoms with Crippen molar-refractivity contribution in [3.8, 4) is 0 Å². The predicted octanol–water partition coefficient (Wildman–Crippen LogP) is 3.92. The topological polar surface area (TPSA) is 12.0 Å². The van der Waals surface area contributed by atoms with Gasteiger partial charge in [0.05, 0.1) is 0 Å². The monoisotopic (exact) mass is 267 g/mol. The Balaban J connectivity index is 1.79. The molecule has 1 aliphatic carbocycles. The molecule has 1 aliphatic rings. The highest BCUT2D eigenvalue weighted by Crippen LogP contribution is 2.28. The fraction of sp³-hybridized carbons (Fsp3) is 0.625. The zero-order valence-electron chi connectivity index (χ0n) is 11.8. The van der Waals surface area contributed by atoms with Gasteiger partial charge in [-0.3, -0.25) is 0 Å². The summed E-state index contributed by atoms with van der Waals surface area (Å²) in [5.74, 6) is 0.561. The van der Waals surface area contributed by atoms with Crippen LogP contribution in [0.2, 0.25) is 0 Å². The van der Waals surface area contributed by atoms with Crippen molar-refractivity contribution >= 4 is 0 Å². The van der Waals surface area contributed by atoms with Gasteiger partial charge in [0.25, 0.3) is 0 Å². The van der Waals surface area contributed by atoms with Gasteiger partial charge in [-0.1, -0.05) is 13.8 Å². The van der Waals surface area contributed by atoms with Crippen LogP contribution in [0.5, 0.6) is 0 Å². The lowest BCUT2D eigenvalue weighted by atomic mass is 9.80. The number of rotatable bonds is 4. The van der Waals surface area contributed by atoms with Crippen molar-refractivity contribution in [1.29, 1.82) is 0 Å². The van der Waals surface area contributed by atoms with Crippen molar-refractivity contribution in [2.75, 3.05) is 6.54 Å². The molecule has 19 heavy (non-hydrogen) atoms. The van der Waals surface area contributed by atoms with Crippen LogP contribution in [0.1, 0.15) is 38.7 Å². The molecule has 2 atom stereocenters. The van der Waals surface area contributed by atoms with Gasteiger partial charge in [0, 0.05) is 12.1 Å². The molecule has 1 fully saturated rings. The Labute approximate surface area is 114 Å². The lowest BCUT2D eigenvalue weighted by Gasteiger charge is -2.32. The standard InChI is InChI=1S/C16H23F2N/c1-11-5-12(2)7-16(6-11)19-4-3-13-8-14(17)10-15(18)9-13/h8-12,16,19H,3-7H2,1-2H3. The Hall–Kier alpha value is -0.960. The smallest absolute Gasteiger partial charge is 0.126 e. The molecule has 0 heterocycles. The lowest BCUT2D eigenvalue weighted by molar-refractivity contribution is 0.240. The molecule has 106 valence electrons. The van der Waals surface area contributed by atoms with Crippen LogP contribution in [0.25, 0.3) is 0 Å². The number of nitrogens with one attached hydrogen (secondary N) is 1. The molecule has 0 bridgehead atoms. The molecule has 1 aromatic rings. The molecule has 1 N–H and O–H groups in total. The number of hydrogen-bond acceptors (Lipinski definition) is 1. The molecule has 1 saturated carbocycles. The summed E-state index contributed by atoms with van der Waals surface area (Å²) in [6.07, 6.45) is 4.41. The van der Waals surface area contributed by atoms with Crippen molar-refractivity contribution < 1.29 is 8.78 Å². The Kier molecular flexibility index (Phi) is 4.92. The van der Waals surface area contributed by atoms with E-state index < -0.39 is 11.6 Å². The second-order valence-electron chi connectivity index (χ2n) is 6.10. The summed E-state index contributed by atoms with van der Waals surface area (Å²) < 4.78 is 26.1. The van der Waals surface area contributed by atoms with Crippen LogP contribution in [0, 0.1) is 23.5 Å². The van der Waals surface area contributed by atoms with Gasteiger partial charge in [-0.05, 0) is 61.8 Å². The van der Waals surface area contributed by atoms with Crippen LogP contribution in [0.3, 0.4) is 0 Å². The van der Waals surface area contributed by atoms with E-state index in [0.717, 1.165) is 30.0 Å². The molecular formula is C16H23F2N. The normalized spacial score (nSPS) is 27.5. The first-order chi connectivity index (χ1) is 9.02. The van der Waals surface area contributed by atoms with Gasteiger partial charge in [0.2, 0.25) is 0 Å². The van der Waals surface area contributed by atoms with Crippen LogP contribution < -0.4 is 5.32 Å². The average Bonchev–Trinajstić information content (AvgIpc) is 2.26. The molecule has 1 nitrogen and oxygen atoms in total. The molecule has 0 amide bonds. The molecule has 2 rings (SSSR count). The summed E-state index contributed by atoms with van der Waals surface area (Å²) in [5, 5.41) is 3.52. The Bertz CT molecular complexity index is 389. The van der Waals surface area contributed by atoms with E-state index in [2.05, 4.69) is 19.2 Å². The second-order valence-corrected chi connectivity index (χ2v) is 6.10. The third kappa shape index (κ3) is 4.57. The minimum absolute atomic E-state index is 0.491. The molecule has 0 radical (unpaired) electrons. The summed E-state index contributed by atoms with van der Waals surface area (Å²) in [5.41, 5.74) is 0.724. The van der Waals surface area contributed by atoms with Gasteiger partial charge in [-0.2, -0.15) is 0 Å². The first kappa shape index (κ1) is 14.4. The largest absolute Gasteiger partial charge is 0.314 e. The van der Waals surface area contributed by atoms with E-state index in [1.807, 2.05) is 0 Å². The van der Waals surface area contributed by atoms with Gasteiger partial charge in [0.15, 0.2) is 0 Å². The van der Waals surface area contributed by atoms with Crippen molar-refractivity contribution in [1.82, 2.24) is 5.32 Å². The third-order valence-corrected chi connectivity index (χ3v) is 3.95. The highest BCUT2D eigenvalue weighted by Gasteiger charge is 2.23. The molecule has 1 aromatic carbocycles. The summed E-state index contributed by atoms with van der Waals surface area (Å²) in [6.45, 7) is 5.38. The van der Waals surface area contributed by atoms with Crippen molar-refractivity contribution in [2.24, 2.45) is 11.8 Å². The minimum atomic E-state index is -0.491. The first-order valence-corrected chi connectivity index (χ1v) is 7.21. The zero-order valence-corrected chi connectivity index (χ0v) is 11.8. The third-order valence-electron chi connectivity index (χ3n) is 3.95. The minimum Gasteiger partial charge on any atom is -0.314 e. The van der Waals surface area contributed by atoms with E-state index in [9.17, 15) is 8.78 Å². The molecule has 0 spiro atoms. The van der Waals surface area contributed by atoms with Gasteiger partial charge in [0.1, 0.15) is 11.6 Å². The van der Waals surface area contributed by atoms with E-state index in [1.54, 1.807) is 0 Å². The van der Waals surface area contributed by atoms with Crippen LogP contribution in [-0.4, -0.2) is 12.6 Å². The zero-order chi connectivity index (χ0) is 13.8. The number of benzene rings is 1. The second kappa shape index (κ2) is 6.47. The average molecular weight is 267 g/mol. The fourth-order valence-corrected chi connectivity index (χ4v) is 3.29. The van der Waals surface area contributed by atoms with Crippen LogP contribution >= 0.6 is 0 Å². The summed E-state index contributed by atoms with van der Waals surface area (Å²) in [6, 6.07) is 4.30. The van der Waals surface area contributed by atoms with Crippen molar-refractivity contribution in [3.63, 3.8) is 0 Å². The van der Waals surface area contributed by atoms with E-state index in [-0.39, 0.29) is 0 Å². The molecule has 0 saturated heterocycles.